The molecule has 0 atom stereocenters. The molecular weight excluding hydrogens is 200 g/mol. The van der Waals surface area contributed by atoms with Crippen LogP contribution in [0.25, 0.3) is 0 Å². The summed E-state index contributed by atoms with van der Waals surface area (Å²) in [7, 11) is 0. The van der Waals surface area contributed by atoms with Gasteiger partial charge in [-0.05, 0) is 18.7 Å². The molecule has 2 N–H and O–H groups in total. The zero-order chi connectivity index (χ0) is 11.2. The fourth-order valence-electron chi connectivity index (χ4n) is 1.60. The molecular formula is C12H16N4. The van der Waals surface area contributed by atoms with Crippen LogP contribution in [-0.4, -0.2) is 21.1 Å². The van der Waals surface area contributed by atoms with Crippen LogP contribution in [0.4, 0.5) is 0 Å². The number of nitrogens with two attached hydrogens (primary N) is 1. The fourth-order valence-corrected chi connectivity index (χ4v) is 1.60. The highest BCUT2D eigenvalue weighted by molar-refractivity contribution is 5.04. The third-order valence-corrected chi connectivity index (χ3v) is 2.44. The Balaban J connectivity index is 1.89. The summed E-state index contributed by atoms with van der Waals surface area (Å²) in [5, 5.41) is 0. The van der Waals surface area contributed by atoms with E-state index >= 15 is 0 Å². The maximum Gasteiger partial charge on any atom is 0.0949 e. The predicted octanol–water partition coefficient (Wildman–Crippen LogP) is 1.02. The first-order valence-corrected chi connectivity index (χ1v) is 5.49. The molecule has 0 spiro atoms. The second-order valence-corrected chi connectivity index (χ2v) is 3.71. The molecule has 0 unspecified atom stereocenters. The highest BCUT2D eigenvalue weighted by Gasteiger charge is 1.98. The Morgan fingerprint density at radius 3 is 2.81 bits per heavy atom. The van der Waals surface area contributed by atoms with Crippen LogP contribution in [0.3, 0.4) is 0 Å². The van der Waals surface area contributed by atoms with E-state index in [-0.39, 0.29) is 0 Å². The van der Waals surface area contributed by atoms with Gasteiger partial charge in [0.15, 0.2) is 0 Å². The summed E-state index contributed by atoms with van der Waals surface area (Å²) in [4.78, 5) is 8.56. The van der Waals surface area contributed by atoms with Gasteiger partial charge in [0.25, 0.3) is 0 Å². The van der Waals surface area contributed by atoms with E-state index in [0.717, 1.165) is 30.8 Å². The average molecular weight is 216 g/mol. The van der Waals surface area contributed by atoms with Gasteiger partial charge >= 0.3 is 0 Å². The van der Waals surface area contributed by atoms with Crippen molar-refractivity contribution < 1.29 is 0 Å². The van der Waals surface area contributed by atoms with Gasteiger partial charge in [0.1, 0.15) is 0 Å². The van der Waals surface area contributed by atoms with E-state index < -0.39 is 0 Å². The van der Waals surface area contributed by atoms with Crippen LogP contribution in [0.15, 0.2) is 36.9 Å². The summed E-state index contributed by atoms with van der Waals surface area (Å²) in [6.45, 7) is 1.56. The molecule has 2 aromatic heterocycles. The average Bonchev–Trinajstić information content (AvgIpc) is 2.76. The second-order valence-electron chi connectivity index (χ2n) is 3.71. The number of rotatable bonds is 5. The Labute approximate surface area is 95.1 Å². The summed E-state index contributed by atoms with van der Waals surface area (Å²) in [6.07, 6.45) is 7.50. The quantitative estimate of drug-likeness (QED) is 0.812. The maximum absolute atomic E-state index is 5.48. The standard InChI is InChI=1S/C12H16N4/c13-6-4-12-9-16(10-15-12)8-5-11-3-1-2-7-14-11/h1-3,7,9-10H,4-6,8,13H2. The molecule has 0 radical (unpaired) electrons. The Kier molecular flexibility index (Phi) is 3.66. The SMILES string of the molecule is NCCc1cn(CCc2ccccn2)cn1. The van der Waals surface area contributed by atoms with Gasteiger partial charge in [-0.15, -0.1) is 0 Å². The fraction of sp³-hybridized carbons (Fsp3) is 0.333. The normalized spacial score (nSPS) is 10.6. The first kappa shape index (κ1) is 10.8. The minimum Gasteiger partial charge on any atom is -0.337 e. The van der Waals surface area contributed by atoms with E-state index in [2.05, 4.69) is 20.7 Å². The third-order valence-electron chi connectivity index (χ3n) is 2.44. The molecule has 84 valence electrons. The Hall–Kier alpha value is -1.68. The number of imidazole rings is 1. The van der Waals surface area contributed by atoms with E-state index in [9.17, 15) is 0 Å². The number of nitrogens with zero attached hydrogens (tertiary/aromatic N) is 3. The number of pyridine rings is 1. The van der Waals surface area contributed by atoms with E-state index in [1.807, 2.05) is 30.7 Å². The van der Waals surface area contributed by atoms with Gasteiger partial charge in [-0.1, -0.05) is 6.07 Å². The molecule has 0 bridgehead atoms. The number of hydrogen-bond acceptors (Lipinski definition) is 3. The highest BCUT2D eigenvalue weighted by atomic mass is 15.0. The Morgan fingerprint density at radius 2 is 2.06 bits per heavy atom. The first-order chi connectivity index (χ1) is 7.88. The van der Waals surface area contributed by atoms with E-state index in [4.69, 9.17) is 5.73 Å². The van der Waals surface area contributed by atoms with Crippen molar-refractivity contribution in [3.63, 3.8) is 0 Å². The van der Waals surface area contributed by atoms with Crippen molar-refractivity contribution in [3.8, 4) is 0 Å². The monoisotopic (exact) mass is 216 g/mol. The maximum atomic E-state index is 5.48. The van der Waals surface area contributed by atoms with E-state index in [1.54, 1.807) is 0 Å². The van der Waals surface area contributed by atoms with Crippen LogP contribution in [0.5, 0.6) is 0 Å². The predicted molar refractivity (Wildman–Crippen MR) is 62.9 cm³/mol. The molecule has 0 aromatic carbocycles. The lowest BCUT2D eigenvalue weighted by Crippen LogP contribution is -2.03. The molecule has 2 heterocycles. The smallest absolute Gasteiger partial charge is 0.0949 e. The van der Waals surface area contributed by atoms with E-state index in [1.165, 1.54) is 0 Å². The summed E-state index contributed by atoms with van der Waals surface area (Å²) in [6, 6.07) is 5.98. The third kappa shape index (κ3) is 2.90. The molecule has 0 saturated carbocycles. The Morgan fingerprint density at radius 1 is 1.12 bits per heavy atom. The van der Waals surface area contributed by atoms with Gasteiger partial charge in [-0.3, -0.25) is 4.98 Å². The molecule has 0 aliphatic heterocycles. The molecule has 2 aromatic rings. The van der Waals surface area contributed by atoms with Gasteiger partial charge in [0, 0.05) is 37.5 Å². The first-order valence-electron chi connectivity index (χ1n) is 5.49. The lowest BCUT2D eigenvalue weighted by atomic mass is 10.3. The van der Waals surface area contributed by atoms with Gasteiger partial charge in [0.2, 0.25) is 0 Å². The zero-order valence-electron chi connectivity index (χ0n) is 9.21. The molecule has 0 saturated heterocycles. The molecule has 4 heteroatoms. The van der Waals surface area contributed by atoms with Crippen molar-refractivity contribution in [1.82, 2.24) is 14.5 Å². The summed E-state index contributed by atoms with van der Waals surface area (Å²) in [5.41, 5.74) is 7.64. The van der Waals surface area contributed by atoms with Crippen LogP contribution in [0, 0.1) is 0 Å². The van der Waals surface area contributed by atoms with E-state index in [0.29, 0.717) is 6.54 Å². The topological polar surface area (TPSA) is 56.7 Å². The number of hydrogen-bond donors (Lipinski definition) is 1. The molecule has 16 heavy (non-hydrogen) atoms. The number of aryl methyl sites for hydroxylation is 2. The van der Waals surface area contributed by atoms with Crippen LogP contribution < -0.4 is 5.73 Å². The molecule has 4 nitrogen and oxygen atoms in total. The molecule has 2 rings (SSSR count). The van der Waals surface area contributed by atoms with Crippen LogP contribution >= 0.6 is 0 Å². The zero-order valence-corrected chi connectivity index (χ0v) is 9.21. The largest absolute Gasteiger partial charge is 0.337 e. The summed E-state index contributed by atoms with van der Waals surface area (Å²) >= 11 is 0. The minimum absolute atomic E-state index is 0.650. The lowest BCUT2D eigenvalue weighted by molar-refractivity contribution is 0.684. The second kappa shape index (κ2) is 5.42. The highest BCUT2D eigenvalue weighted by Crippen LogP contribution is 2.00. The van der Waals surface area contributed by atoms with Crippen molar-refractivity contribution in [2.24, 2.45) is 5.73 Å². The van der Waals surface area contributed by atoms with Crippen molar-refractivity contribution in [3.05, 3.63) is 48.3 Å². The van der Waals surface area contributed by atoms with Crippen molar-refractivity contribution in [2.45, 2.75) is 19.4 Å². The molecule has 0 aliphatic rings. The van der Waals surface area contributed by atoms with Gasteiger partial charge in [0.05, 0.1) is 12.0 Å². The van der Waals surface area contributed by atoms with Gasteiger partial charge in [-0.25, -0.2) is 4.98 Å². The molecule has 0 aliphatic carbocycles. The van der Waals surface area contributed by atoms with Crippen LogP contribution in [0.1, 0.15) is 11.4 Å². The lowest BCUT2D eigenvalue weighted by Gasteiger charge is -2.01. The van der Waals surface area contributed by atoms with Crippen LogP contribution in [0.2, 0.25) is 0 Å². The van der Waals surface area contributed by atoms with Gasteiger partial charge in [-0.2, -0.15) is 0 Å². The number of aromatic nitrogens is 3. The summed E-state index contributed by atoms with van der Waals surface area (Å²) in [5.74, 6) is 0. The van der Waals surface area contributed by atoms with Gasteiger partial charge < -0.3 is 10.3 Å². The van der Waals surface area contributed by atoms with Crippen LogP contribution in [-0.2, 0) is 19.4 Å². The van der Waals surface area contributed by atoms with Crippen molar-refractivity contribution in [1.29, 1.82) is 0 Å². The Bertz CT molecular complexity index is 422. The molecule has 0 fully saturated rings. The van der Waals surface area contributed by atoms with Crippen molar-refractivity contribution in [2.75, 3.05) is 6.54 Å². The van der Waals surface area contributed by atoms with Crippen molar-refractivity contribution >= 4 is 0 Å². The minimum atomic E-state index is 0.650. The molecule has 0 amide bonds. The summed E-state index contributed by atoms with van der Waals surface area (Å²) < 4.78 is 2.08.